The van der Waals surface area contributed by atoms with Gasteiger partial charge in [0.15, 0.2) is 0 Å². The standard InChI is InChI=1S/C19H29N3O.2ClH/c20-14-16-4-3-5-18(16)19(23)21-17-8-6-15(7-9-17)10-13-22-11-1-2-12-22;;/h6-9,16,18H,1-5,10-14,20H2,(H,21,23);2*1H/t16-,18-;;/m1../s1. The molecule has 142 valence electrons. The minimum absolute atomic E-state index is 0. The number of halogens is 2. The van der Waals surface area contributed by atoms with Crippen molar-refractivity contribution in [1.82, 2.24) is 4.90 Å². The number of rotatable bonds is 6. The van der Waals surface area contributed by atoms with Crippen LogP contribution in [0.2, 0.25) is 0 Å². The zero-order valence-electron chi connectivity index (χ0n) is 14.8. The van der Waals surface area contributed by atoms with Crippen LogP contribution in [-0.2, 0) is 11.2 Å². The number of likely N-dealkylation sites (tertiary alicyclic amines) is 1. The lowest BCUT2D eigenvalue weighted by atomic mass is 9.95. The quantitative estimate of drug-likeness (QED) is 0.785. The molecular formula is C19H31Cl2N3O. The molecular weight excluding hydrogens is 357 g/mol. The van der Waals surface area contributed by atoms with Crippen molar-refractivity contribution < 1.29 is 4.79 Å². The monoisotopic (exact) mass is 387 g/mol. The van der Waals surface area contributed by atoms with Gasteiger partial charge in [-0.25, -0.2) is 0 Å². The van der Waals surface area contributed by atoms with Crippen LogP contribution in [0.3, 0.4) is 0 Å². The van der Waals surface area contributed by atoms with E-state index >= 15 is 0 Å². The Bertz CT molecular complexity index is 518. The van der Waals surface area contributed by atoms with E-state index in [0.29, 0.717) is 12.5 Å². The summed E-state index contributed by atoms with van der Waals surface area (Å²) in [7, 11) is 0. The van der Waals surface area contributed by atoms with Crippen molar-refractivity contribution in [3.8, 4) is 0 Å². The Morgan fingerprint density at radius 3 is 2.40 bits per heavy atom. The molecule has 1 saturated heterocycles. The third-order valence-corrected chi connectivity index (χ3v) is 5.44. The first-order valence-corrected chi connectivity index (χ1v) is 9.08. The number of nitrogens with zero attached hydrogens (tertiary/aromatic N) is 1. The molecule has 25 heavy (non-hydrogen) atoms. The van der Waals surface area contributed by atoms with Crippen LogP contribution in [-0.4, -0.2) is 37.0 Å². The molecule has 1 aliphatic carbocycles. The van der Waals surface area contributed by atoms with Gasteiger partial charge in [0, 0.05) is 18.2 Å². The van der Waals surface area contributed by atoms with E-state index in [0.717, 1.165) is 37.9 Å². The van der Waals surface area contributed by atoms with Crippen molar-refractivity contribution in [3.05, 3.63) is 29.8 Å². The van der Waals surface area contributed by atoms with E-state index in [1.807, 2.05) is 12.1 Å². The first-order valence-electron chi connectivity index (χ1n) is 9.08. The Kier molecular flexibility index (Phi) is 9.80. The van der Waals surface area contributed by atoms with Crippen molar-refractivity contribution in [3.63, 3.8) is 0 Å². The molecule has 0 unspecified atom stereocenters. The fourth-order valence-electron chi connectivity index (χ4n) is 3.95. The van der Waals surface area contributed by atoms with Gasteiger partial charge in [-0.15, -0.1) is 24.8 Å². The maximum atomic E-state index is 12.4. The molecule has 3 N–H and O–H groups in total. The fraction of sp³-hybridized carbons (Fsp3) is 0.632. The number of carbonyl (C=O) groups excluding carboxylic acids is 1. The maximum Gasteiger partial charge on any atom is 0.227 e. The molecule has 2 atom stereocenters. The smallest absolute Gasteiger partial charge is 0.227 e. The molecule has 0 aromatic heterocycles. The van der Waals surface area contributed by atoms with Gasteiger partial charge in [-0.05, 0) is 75.4 Å². The predicted octanol–water partition coefficient (Wildman–Crippen LogP) is 3.48. The van der Waals surface area contributed by atoms with Gasteiger partial charge >= 0.3 is 0 Å². The van der Waals surface area contributed by atoms with Crippen molar-refractivity contribution in [1.29, 1.82) is 0 Å². The van der Waals surface area contributed by atoms with Gasteiger partial charge < -0.3 is 16.0 Å². The third-order valence-electron chi connectivity index (χ3n) is 5.44. The number of nitrogens with two attached hydrogens (primary N) is 1. The Labute approximate surface area is 163 Å². The number of nitrogens with one attached hydrogen (secondary N) is 1. The molecule has 2 fully saturated rings. The summed E-state index contributed by atoms with van der Waals surface area (Å²) >= 11 is 0. The minimum Gasteiger partial charge on any atom is -0.330 e. The lowest BCUT2D eigenvalue weighted by molar-refractivity contribution is -0.120. The summed E-state index contributed by atoms with van der Waals surface area (Å²) in [5.74, 6) is 0.590. The molecule has 0 radical (unpaired) electrons. The van der Waals surface area contributed by atoms with Crippen LogP contribution >= 0.6 is 24.8 Å². The lowest BCUT2D eigenvalue weighted by Crippen LogP contribution is -2.29. The van der Waals surface area contributed by atoms with Crippen molar-refractivity contribution in [2.45, 2.75) is 38.5 Å². The van der Waals surface area contributed by atoms with Crippen molar-refractivity contribution in [2.75, 3.05) is 31.5 Å². The topological polar surface area (TPSA) is 58.4 Å². The van der Waals surface area contributed by atoms with Crippen LogP contribution in [0, 0.1) is 11.8 Å². The zero-order chi connectivity index (χ0) is 16.1. The highest BCUT2D eigenvalue weighted by Gasteiger charge is 2.31. The van der Waals surface area contributed by atoms with Gasteiger partial charge in [-0.2, -0.15) is 0 Å². The molecule has 1 heterocycles. The van der Waals surface area contributed by atoms with Gasteiger partial charge in [0.05, 0.1) is 0 Å². The largest absolute Gasteiger partial charge is 0.330 e. The Morgan fingerprint density at radius 1 is 1.08 bits per heavy atom. The summed E-state index contributed by atoms with van der Waals surface area (Å²) in [5, 5.41) is 3.07. The molecule has 1 aromatic rings. The second-order valence-electron chi connectivity index (χ2n) is 7.02. The number of carbonyl (C=O) groups is 1. The molecule has 2 aliphatic rings. The van der Waals surface area contributed by atoms with E-state index < -0.39 is 0 Å². The average molecular weight is 388 g/mol. The molecule has 6 heteroatoms. The molecule has 1 aliphatic heterocycles. The summed E-state index contributed by atoms with van der Waals surface area (Å²) in [6, 6.07) is 8.34. The molecule has 1 amide bonds. The number of hydrogen-bond acceptors (Lipinski definition) is 3. The summed E-state index contributed by atoms with van der Waals surface area (Å²) in [4.78, 5) is 14.9. The van der Waals surface area contributed by atoms with Gasteiger partial charge in [-0.1, -0.05) is 18.6 Å². The average Bonchev–Trinajstić information content (AvgIpc) is 3.25. The SMILES string of the molecule is Cl.Cl.NC[C@H]1CCC[C@H]1C(=O)Nc1ccc(CCN2CCCC2)cc1. The zero-order valence-corrected chi connectivity index (χ0v) is 16.4. The van der Waals surface area contributed by atoms with Crippen LogP contribution in [0.4, 0.5) is 5.69 Å². The van der Waals surface area contributed by atoms with E-state index in [2.05, 4.69) is 22.3 Å². The van der Waals surface area contributed by atoms with Crippen molar-refractivity contribution >= 4 is 36.4 Å². The van der Waals surface area contributed by atoms with Gasteiger partial charge in [0.25, 0.3) is 0 Å². The maximum absolute atomic E-state index is 12.4. The predicted molar refractivity (Wildman–Crippen MR) is 109 cm³/mol. The Morgan fingerprint density at radius 2 is 1.76 bits per heavy atom. The highest BCUT2D eigenvalue weighted by Crippen LogP contribution is 2.31. The van der Waals surface area contributed by atoms with Crippen LogP contribution < -0.4 is 11.1 Å². The normalized spacial score (nSPS) is 22.9. The number of benzene rings is 1. The summed E-state index contributed by atoms with van der Waals surface area (Å²) < 4.78 is 0. The molecule has 3 rings (SSSR count). The van der Waals surface area contributed by atoms with Crippen LogP contribution in [0.15, 0.2) is 24.3 Å². The Balaban J connectivity index is 0.00000156. The molecule has 1 saturated carbocycles. The highest BCUT2D eigenvalue weighted by atomic mass is 35.5. The first-order chi connectivity index (χ1) is 11.3. The van der Waals surface area contributed by atoms with E-state index in [-0.39, 0.29) is 36.6 Å². The van der Waals surface area contributed by atoms with Crippen LogP contribution in [0.25, 0.3) is 0 Å². The molecule has 0 bridgehead atoms. The van der Waals surface area contributed by atoms with E-state index in [1.54, 1.807) is 0 Å². The molecule has 1 aromatic carbocycles. The van der Waals surface area contributed by atoms with Gasteiger partial charge in [-0.3, -0.25) is 4.79 Å². The molecule has 0 spiro atoms. The number of amides is 1. The fourth-order valence-corrected chi connectivity index (χ4v) is 3.95. The second-order valence-corrected chi connectivity index (χ2v) is 7.02. The Hall–Kier alpha value is -0.810. The number of hydrogen-bond donors (Lipinski definition) is 2. The van der Waals surface area contributed by atoms with Crippen molar-refractivity contribution in [2.24, 2.45) is 17.6 Å². The van der Waals surface area contributed by atoms with E-state index in [1.165, 1.54) is 31.5 Å². The summed E-state index contributed by atoms with van der Waals surface area (Å²) in [5.41, 5.74) is 8.02. The van der Waals surface area contributed by atoms with Gasteiger partial charge in [0.2, 0.25) is 5.91 Å². The summed E-state index contributed by atoms with van der Waals surface area (Å²) in [6.07, 6.45) is 6.96. The van der Waals surface area contributed by atoms with Crippen LogP contribution in [0.5, 0.6) is 0 Å². The first kappa shape index (κ1) is 22.2. The van der Waals surface area contributed by atoms with Gasteiger partial charge in [0.1, 0.15) is 0 Å². The highest BCUT2D eigenvalue weighted by molar-refractivity contribution is 5.92. The second kappa shape index (κ2) is 11.0. The summed E-state index contributed by atoms with van der Waals surface area (Å²) in [6.45, 7) is 4.26. The minimum atomic E-state index is 0. The number of anilines is 1. The lowest BCUT2D eigenvalue weighted by Gasteiger charge is -2.17. The van der Waals surface area contributed by atoms with E-state index in [9.17, 15) is 4.79 Å². The molecule has 4 nitrogen and oxygen atoms in total. The van der Waals surface area contributed by atoms with Crippen LogP contribution in [0.1, 0.15) is 37.7 Å². The van der Waals surface area contributed by atoms with E-state index in [4.69, 9.17) is 5.73 Å². The third kappa shape index (κ3) is 6.14.